The number of rotatable bonds is 8. The normalized spacial score (nSPS) is 10.2. The molecule has 1 amide bonds. The topological polar surface area (TPSA) is 82.8 Å². The standard InChI is InChI=1S/C18H22N2O4/c1-22-10-3-11-24-15-7-4-13(5-8-15)18(21)20-14-6-9-17(23-2)16(19)12-14/h4-9,12H,3,10-11,19H2,1-2H3,(H,20,21). The van der Waals surface area contributed by atoms with E-state index in [-0.39, 0.29) is 5.91 Å². The van der Waals surface area contributed by atoms with E-state index < -0.39 is 0 Å². The van der Waals surface area contributed by atoms with Gasteiger partial charge in [-0.15, -0.1) is 0 Å². The van der Waals surface area contributed by atoms with E-state index in [1.165, 1.54) is 0 Å². The van der Waals surface area contributed by atoms with Crippen LogP contribution in [0.3, 0.4) is 0 Å². The molecular weight excluding hydrogens is 308 g/mol. The van der Waals surface area contributed by atoms with E-state index in [2.05, 4.69) is 5.32 Å². The number of nitrogens with one attached hydrogen (secondary N) is 1. The predicted octanol–water partition coefficient (Wildman–Crippen LogP) is 2.95. The minimum atomic E-state index is -0.217. The lowest BCUT2D eigenvalue weighted by Gasteiger charge is -2.10. The number of nitrogens with two attached hydrogens (primary N) is 1. The maximum absolute atomic E-state index is 12.2. The minimum absolute atomic E-state index is 0.217. The van der Waals surface area contributed by atoms with E-state index in [1.54, 1.807) is 56.7 Å². The minimum Gasteiger partial charge on any atom is -0.495 e. The smallest absolute Gasteiger partial charge is 0.255 e. The number of nitrogen functional groups attached to an aromatic ring is 1. The largest absolute Gasteiger partial charge is 0.495 e. The van der Waals surface area contributed by atoms with Crippen LogP contribution in [-0.4, -0.2) is 33.3 Å². The van der Waals surface area contributed by atoms with Crippen LogP contribution >= 0.6 is 0 Å². The van der Waals surface area contributed by atoms with Crippen LogP contribution in [0.1, 0.15) is 16.8 Å². The van der Waals surface area contributed by atoms with Crippen molar-refractivity contribution in [3.8, 4) is 11.5 Å². The van der Waals surface area contributed by atoms with Crippen LogP contribution in [-0.2, 0) is 4.74 Å². The van der Waals surface area contributed by atoms with E-state index in [0.717, 1.165) is 12.2 Å². The number of hydrogen-bond donors (Lipinski definition) is 2. The molecule has 0 spiro atoms. The highest BCUT2D eigenvalue weighted by atomic mass is 16.5. The van der Waals surface area contributed by atoms with Crippen molar-refractivity contribution in [3.63, 3.8) is 0 Å². The fraction of sp³-hybridized carbons (Fsp3) is 0.278. The Morgan fingerprint density at radius 1 is 1.08 bits per heavy atom. The fourth-order valence-electron chi connectivity index (χ4n) is 2.11. The highest BCUT2D eigenvalue weighted by molar-refractivity contribution is 6.04. The first-order valence-corrected chi connectivity index (χ1v) is 7.60. The molecule has 0 heterocycles. The van der Waals surface area contributed by atoms with E-state index in [0.29, 0.717) is 35.9 Å². The van der Waals surface area contributed by atoms with Crippen molar-refractivity contribution in [1.29, 1.82) is 0 Å². The summed E-state index contributed by atoms with van der Waals surface area (Å²) in [6.07, 6.45) is 0.817. The third-order valence-corrected chi connectivity index (χ3v) is 3.37. The summed E-state index contributed by atoms with van der Waals surface area (Å²) in [6.45, 7) is 1.23. The third-order valence-electron chi connectivity index (χ3n) is 3.37. The average molecular weight is 330 g/mol. The molecule has 2 rings (SSSR count). The van der Waals surface area contributed by atoms with Crippen LogP contribution in [0.4, 0.5) is 11.4 Å². The molecule has 3 N–H and O–H groups in total. The third kappa shape index (κ3) is 4.89. The van der Waals surface area contributed by atoms with Gasteiger partial charge in [0.2, 0.25) is 0 Å². The van der Waals surface area contributed by atoms with E-state index >= 15 is 0 Å². The summed E-state index contributed by atoms with van der Waals surface area (Å²) < 4.78 is 15.6. The van der Waals surface area contributed by atoms with Crippen molar-refractivity contribution in [2.24, 2.45) is 0 Å². The van der Waals surface area contributed by atoms with E-state index in [4.69, 9.17) is 19.9 Å². The highest BCUT2D eigenvalue weighted by Gasteiger charge is 2.08. The quantitative estimate of drug-likeness (QED) is 0.574. The lowest BCUT2D eigenvalue weighted by molar-refractivity contribution is 0.102. The number of hydrogen-bond acceptors (Lipinski definition) is 5. The van der Waals surface area contributed by atoms with Gasteiger partial charge < -0.3 is 25.3 Å². The van der Waals surface area contributed by atoms with Crippen LogP contribution in [0.25, 0.3) is 0 Å². The maximum atomic E-state index is 12.2. The monoisotopic (exact) mass is 330 g/mol. The molecule has 24 heavy (non-hydrogen) atoms. The molecule has 0 bridgehead atoms. The number of carbonyl (C=O) groups is 1. The molecule has 0 aliphatic rings. The Hall–Kier alpha value is -2.73. The lowest BCUT2D eigenvalue weighted by Crippen LogP contribution is -2.12. The molecule has 0 saturated heterocycles. The van der Waals surface area contributed by atoms with Gasteiger partial charge in [0.1, 0.15) is 11.5 Å². The van der Waals surface area contributed by atoms with Crippen molar-refractivity contribution in [2.75, 3.05) is 38.5 Å². The molecule has 6 heteroatoms. The van der Waals surface area contributed by atoms with Crippen molar-refractivity contribution in [2.45, 2.75) is 6.42 Å². The first-order valence-electron chi connectivity index (χ1n) is 7.60. The highest BCUT2D eigenvalue weighted by Crippen LogP contribution is 2.25. The Kier molecular flexibility index (Phi) is 6.45. The summed E-state index contributed by atoms with van der Waals surface area (Å²) >= 11 is 0. The van der Waals surface area contributed by atoms with Crippen LogP contribution in [0, 0.1) is 0 Å². The number of carbonyl (C=O) groups excluding carboxylic acids is 1. The summed E-state index contributed by atoms with van der Waals surface area (Å²) in [4.78, 5) is 12.2. The molecular formula is C18H22N2O4. The number of ether oxygens (including phenoxy) is 3. The number of anilines is 2. The predicted molar refractivity (Wildman–Crippen MR) is 93.8 cm³/mol. The summed E-state index contributed by atoms with van der Waals surface area (Å²) in [7, 11) is 3.20. The second-order valence-electron chi connectivity index (χ2n) is 5.13. The molecule has 0 fully saturated rings. The van der Waals surface area contributed by atoms with Gasteiger partial charge in [-0.2, -0.15) is 0 Å². The van der Waals surface area contributed by atoms with Gasteiger partial charge in [0, 0.05) is 31.4 Å². The first kappa shape index (κ1) is 17.6. The first-order chi connectivity index (χ1) is 11.6. The summed E-state index contributed by atoms with van der Waals surface area (Å²) in [5.41, 5.74) is 7.45. The van der Waals surface area contributed by atoms with Gasteiger partial charge in [0.15, 0.2) is 0 Å². The Bertz CT molecular complexity index is 671. The van der Waals surface area contributed by atoms with Gasteiger partial charge in [-0.1, -0.05) is 0 Å². The van der Waals surface area contributed by atoms with E-state index in [1.807, 2.05) is 0 Å². The maximum Gasteiger partial charge on any atom is 0.255 e. The summed E-state index contributed by atoms with van der Waals surface area (Å²) in [5.74, 6) is 1.07. The molecule has 0 aliphatic carbocycles. The van der Waals surface area contributed by atoms with Crippen LogP contribution in [0.2, 0.25) is 0 Å². The number of benzene rings is 2. The average Bonchev–Trinajstić information content (AvgIpc) is 2.59. The Labute approximate surface area is 141 Å². The lowest BCUT2D eigenvalue weighted by atomic mass is 10.2. The molecule has 128 valence electrons. The van der Waals surface area contributed by atoms with Crippen LogP contribution in [0.5, 0.6) is 11.5 Å². The molecule has 6 nitrogen and oxygen atoms in total. The SMILES string of the molecule is COCCCOc1ccc(C(=O)Nc2ccc(OC)c(N)c2)cc1. The zero-order chi connectivity index (χ0) is 17.4. The number of methoxy groups -OCH3 is 2. The van der Waals surface area contributed by atoms with Gasteiger partial charge >= 0.3 is 0 Å². The molecule has 2 aromatic rings. The second-order valence-corrected chi connectivity index (χ2v) is 5.13. The van der Waals surface area contributed by atoms with Gasteiger partial charge in [0.25, 0.3) is 5.91 Å². The molecule has 2 aromatic carbocycles. The van der Waals surface area contributed by atoms with Crippen LogP contribution < -0.4 is 20.5 Å². The second kappa shape index (κ2) is 8.79. The Balaban J connectivity index is 1.93. The van der Waals surface area contributed by atoms with Crippen molar-refractivity contribution in [3.05, 3.63) is 48.0 Å². The van der Waals surface area contributed by atoms with Gasteiger partial charge in [-0.3, -0.25) is 4.79 Å². The van der Waals surface area contributed by atoms with Gasteiger partial charge in [-0.25, -0.2) is 0 Å². The summed E-state index contributed by atoms with van der Waals surface area (Å²) in [5, 5.41) is 2.80. The van der Waals surface area contributed by atoms with E-state index in [9.17, 15) is 4.79 Å². The summed E-state index contributed by atoms with van der Waals surface area (Å²) in [6, 6.07) is 12.1. The fourth-order valence-corrected chi connectivity index (χ4v) is 2.11. The number of amides is 1. The molecule has 0 aromatic heterocycles. The molecule has 0 atom stereocenters. The van der Waals surface area contributed by atoms with Gasteiger partial charge in [-0.05, 0) is 42.5 Å². The molecule has 0 radical (unpaired) electrons. The Morgan fingerprint density at radius 2 is 1.83 bits per heavy atom. The van der Waals surface area contributed by atoms with Crippen molar-refractivity contribution in [1.82, 2.24) is 0 Å². The van der Waals surface area contributed by atoms with Crippen LogP contribution in [0.15, 0.2) is 42.5 Å². The zero-order valence-electron chi connectivity index (χ0n) is 13.9. The van der Waals surface area contributed by atoms with Gasteiger partial charge in [0.05, 0.1) is 19.4 Å². The van der Waals surface area contributed by atoms with Crippen molar-refractivity contribution < 1.29 is 19.0 Å². The zero-order valence-corrected chi connectivity index (χ0v) is 13.9. The molecule has 0 aliphatic heterocycles. The Morgan fingerprint density at radius 3 is 2.46 bits per heavy atom. The molecule has 0 saturated carbocycles. The van der Waals surface area contributed by atoms with Crippen molar-refractivity contribution >= 4 is 17.3 Å². The molecule has 0 unspecified atom stereocenters.